The predicted molar refractivity (Wildman–Crippen MR) is 107 cm³/mol. The zero-order valence-electron chi connectivity index (χ0n) is 16.1. The molecule has 2 saturated heterocycles. The first-order chi connectivity index (χ1) is 14.3. The minimum Gasteiger partial charge on any atom is -0.459 e. The quantitative estimate of drug-likeness (QED) is 0.200. The summed E-state index contributed by atoms with van der Waals surface area (Å²) in [6, 6.07) is 5.09. The molecule has 0 spiro atoms. The lowest BCUT2D eigenvalue weighted by Gasteiger charge is -2.37. The SMILES string of the molecule is Cn1nnnc1SC[C@]1(C)S[C@@H]2CC(=O)N2[C@H]1C(=O)OCc1ccc([N+](=O)[O-])cc1. The number of nitro groups is 1. The summed E-state index contributed by atoms with van der Waals surface area (Å²) in [7, 11) is 1.74. The molecule has 30 heavy (non-hydrogen) atoms. The fourth-order valence-corrected chi connectivity index (χ4v) is 6.33. The number of hydrogen-bond acceptors (Lipinski definition) is 10. The molecule has 0 radical (unpaired) electrons. The highest BCUT2D eigenvalue weighted by Crippen LogP contribution is 2.52. The van der Waals surface area contributed by atoms with E-state index in [0.717, 1.165) is 0 Å². The lowest BCUT2D eigenvalue weighted by Crippen LogP contribution is -2.58. The maximum Gasteiger partial charge on any atom is 0.330 e. The molecule has 4 rings (SSSR count). The van der Waals surface area contributed by atoms with E-state index in [1.807, 2.05) is 6.92 Å². The Bertz CT molecular complexity index is 999. The van der Waals surface area contributed by atoms with Crippen molar-refractivity contribution in [2.24, 2.45) is 7.05 Å². The lowest BCUT2D eigenvalue weighted by atomic mass is 9.98. The number of β-lactam (4-membered cyclic amide) rings is 1. The van der Waals surface area contributed by atoms with Crippen LogP contribution in [0, 0.1) is 10.1 Å². The standard InChI is InChI=1S/C17H18N6O5S2/c1-17(9-29-16-18-19-20-21(16)2)14(22-12(24)7-13(22)30-17)15(25)28-8-10-3-5-11(6-4-10)23(26)27/h3-6,13-14H,7-9H2,1-2H3/t13-,14+,17+/m1/s1. The molecule has 11 nitrogen and oxygen atoms in total. The number of fused-ring (bicyclic) bond motifs is 1. The van der Waals surface area contributed by atoms with E-state index < -0.39 is 21.7 Å². The van der Waals surface area contributed by atoms with Crippen LogP contribution < -0.4 is 0 Å². The number of esters is 1. The number of hydrogen-bond donors (Lipinski definition) is 0. The number of benzene rings is 1. The summed E-state index contributed by atoms with van der Waals surface area (Å²) < 4.78 is 6.48. The molecule has 2 aromatic rings. The second-order valence-electron chi connectivity index (χ2n) is 7.20. The van der Waals surface area contributed by atoms with E-state index in [0.29, 0.717) is 22.9 Å². The van der Waals surface area contributed by atoms with Crippen LogP contribution in [0.15, 0.2) is 29.4 Å². The molecule has 3 heterocycles. The number of non-ortho nitro benzene ring substituents is 1. The van der Waals surface area contributed by atoms with Crippen LogP contribution >= 0.6 is 23.5 Å². The van der Waals surface area contributed by atoms with Crippen LogP contribution in [0.2, 0.25) is 0 Å². The van der Waals surface area contributed by atoms with Crippen molar-refractivity contribution in [3.8, 4) is 0 Å². The van der Waals surface area contributed by atoms with Gasteiger partial charge in [-0.25, -0.2) is 9.48 Å². The van der Waals surface area contributed by atoms with Crippen LogP contribution in [0.1, 0.15) is 18.9 Å². The van der Waals surface area contributed by atoms with E-state index in [1.165, 1.54) is 23.9 Å². The first-order valence-electron chi connectivity index (χ1n) is 9.02. The monoisotopic (exact) mass is 450 g/mol. The Kier molecular flexibility index (Phi) is 5.40. The summed E-state index contributed by atoms with van der Waals surface area (Å²) in [5, 5.41) is 22.7. The summed E-state index contributed by atoms with van der Waals surface area (Å²) >= 11 is 3.01. The van der Waals surface area contributed by atoms with Crippen LogP contribution in [-0.2, 0) is 28.0 Å². The normalized spacial score (nSPS) is 25.0. The molecule has 0 saturated carbocycles. The van der Waals surface area contributed by atoms with Crippen molar-refractivity contribution in [2.45, 2.75) is 41.3 Å². The Hall–Kier alpha value is -2.67. The number of carbonyl (C=O) groups excluding carboxylic acids is 2. The first-order valence-corrected chi connectivity index (χ1v) is 10.9. The molecule has 13 heteroatoms. The minimum absolute atomic E-state index is 0.0267. The number of ether oxygens (including phenoxy) is 1. The summed E-state index contributed by atoms with van der Waals surface area (Å²) in [5.74, 6) is -0.0434. The Labute approximate surface area is 179 Å². The van der Waals surface area contributed by atoms with Crippen molar-refractivity contribution < 1.29 is 19.2 Å². The molecule has 1 aromatic heterocycles. The van der Waals surface area contributed by atoms with Crippen molar-refractivity contribution in [3.63, 3.8) is 0 Å². The summed E-state index contributed by atoms with van der Waals surface area (Å²) in [4.78, 5) is 37.0. The van der Waals surface area contributed by atoms with Gasteiger partial charge in [0.25, 0.3) is 5.69 Å². The molecule has 2 fully saturated rings. The van der Waals surface area contributed by atoms with Crippen LogP contribution in [0.5, 0.6) is 0 Å². The highest BCUT2D eigenvalue weighted by molar-refractivity contribution is 8.04. The van der Waals surface area contributed by atoms with Gasteiger partial charge in [-0.2, -0.15) is 0 Å². The van der Waals surface area contributed by atoms with Gasteiger partial charge in [-0.1, -0.05) is 11.8 Å². The van der Waals surface area contributed by atoms with E-state index in [-0.39, 0.29) is 23.6 Å². The molecular formula is C17H18N6O5S2. The summed E-state index contributed by atoms with van der Waals surface area (Å²) in [6.07, 6.45) is 0.405. The van der Waals surface area contributed by atoms with Gasteiger partial charge in [0.05, 0.1) is 21.5 Å². The van der Waals surface area contributed by atoms with E-state index in [9.17, 15) is 19.7 Å². The lowest BCUT2D eigenvalue weighted by molar-refractivity contribution is -0.384. The first kappa shape index (κ1) is 20.6. The number of nitro benzene ring substituents is 1. The predicted octanol–water partition coefficient (Wildman–Crippen LogP) is 1.39. The number of carbonyl (C=O) groups is 2. The maximum absolute atomic E-state index is 13.0. The van der Waals surface area contributed by atoms with Gasteiger partial charge in [0.2, 0.25) is 11.1 Å². The number of nitrogens with zero attached hydrogens (tertiary/aromatic N) is 6. The van der Waals surface area contributed by atoms with Gasteiger partial charge >= 0.3 is 5.97 Å². The van der Waals surface area contributed by atoms with Gasteiger partial charge in [-0.3, -0.25) is 14.9 Å². The highest BCUT2D eigenvalue weighted by Gasteiger charge is 2.61. The van der Waals surface area contributed by atoms with Crippen LogP contribution in [0.4, 0.5) is 5.69 Å². The van der Waals surface area contributed by atoms with Crippen molar-refractivity contribution in [1.82, 2.24) is 25.1 Å². The Morgan fingerprint density at radius 2 is 2.17 bits per heavy atom. The van der Waals surface area contributed by atoms with Crippen molar-refractivity contribution >= 4 is 41.1 Å². The van der Waals surface area contributed by atoms with E-state index in [4.69, 9.17) is 4.74 Å². The number of rotatable bonds is 7. The average Bonchev–Trinajstić information content (AvgIpc) is 3.23. The topological polar surface area (TPSA) is 133 Å². The fourth-order valence-electron chi connectivity index (χ4n) is 3.45. The maximum atomic E-state index is 13.0. The number of tetrazole rings is 1. The highest BCUT2D eigenvalue weighted by atomic mass is 32.2. The molecule has 1 aromatic carbocycles. The molecule has 0 N–H and O–H groups in total. The van der Waals surface area contributed by atoms with E-state index in [1.54, 1.807) is 40.5 Å². The second-order valence-corrected chi connectivity index (χ2v) is 9.85. The van der Waals surface area contributed by atoms with E-state index >= 15 is 0 Å². The van der Waals surface area contributed by atoms with Gasteiger partial charge in [-0.15, -0.1) is 16.9 Å². The van der Waals surface area contributed by atoms with Gasteiger partial charge < -0.3 is 9.64 Å². The van der Waals surface area contributed by atoms with Crippen LogP contribution in [-0.4, -0.2) is 63.8 Å². The fraction of sp³-hybridized carbons (Fsp3) is 0.471. The van der Waals surface area contributed by atoms with Gasteiger partial charge in [0, 0.05) is 24.9 Å². The van der Waals surface area contributed by atoms with Gasteiger partial charge in [0.15, 0.2) is 0 Å². The zero-order chi connectivity index (χ0) is 21.5. The molecule has 0 aliphatic carbocycles. The third kappa shape index (κ3) is 3.74. The van der Waals surface area contributed by atoms with E-state index in [2.05, 4.69) is 15.5 Å². The van der Waals surface area contributed by atoms with Crippen LogP contribution in [0.25, 0.3) is 0 Å². The molecule has 0 bridgehead atoms. The molecule has 3 atom stereocenters. The molecule has 2 aliphatic heterocycles. The second kappa shape index (κ2) is 7.87. The van der Waals surface area contributed by atoms with Crippen molar-refractivity contribution in [2.75, 3.05) is 5.75 Å². The molecule has 0 unspecified atom stereocenters. The van der Waals surface area contributed by atoms with Gasteiger partial charge in [-0.05, 0) is 35.0 Å². The minimum atomic E-state index is -0.722. The van der Waals surface area contributed by atoms with Crippen molar-refractivity contribution in [3.05, 3.63) is 39.9 Å². The summed E-state index contributed by atoms with van der Waals surface area (Å²) in [5.41, 5.74) is 0.599. The number of aromatic nitrogens is 4. The Morgan fingerprint density at radius 3 is 2.77 bits per heavy atom. The number of aryl methyl sites for hydroxylation is 1. The molecular weight excluding hydrogens is 432 g/mol. The summed E-state index contributed by atoms with van der Waals surface area (Å²) in [6.45, 7) is 1.92. The zero-order valence-corrected chi connectivity index (χ0v) is 17.8. The molecule has 2 aliphatic rings. The largest absolute Gasteiger partial charge is 0.459 e. The van der Waals surface area contributed by atoms with Crippen molar-refractivity contribution in [1.29, 1.82) is 0 Å². The average molecular weight is 451 g/mol. The van der Waals surface area contributed by atoms with Crippen LogP contribution in [0.3, 0.4) is 0 Å². The smallest absolute Gasteiger partial charge is 0.330 e. The number of amides is 1. The Balaban J connectivity index is 1.45. The Morgan fingerprint density at radius 1 is 1.43 bits per heavy atom. The third-order valence-corrected chi connectivity index (χ3v) is 8.13. The molecule has 1 amide bonds. The number of thioether (sulfide) groups is 2. The molecule has 158 valence electrons. The van der Waals surface area contributed by atoms with Gasteiger partial charge in [0.1, 0.15) is 12.6 Å². The third-order valence-electron chi connectivity index (χ3n) is 5.03.